The lowest BCUT2D eigenvalue weighted by Crippen LogP contribution is -2.22. The third-order valence-electron chi connectivity index (χ3n) is 3.77. The van der Waals surface area contributed by atoms with E-state index in [0.717, 1.165) is 31.4 Å². The molecule has 2 heteroatoms. The fourth-order valence-corrected chi connectivity index (χ4v) is 2.69. The zero-order chi connectivity index (χ0) is 12.3. The van der Waals surface area contributed by atoms with E-state index >= 15 is 0 Å². The maximum Gasteiger partial charge on any atom is 0.0843 e. The Labute approximate surface area is 104 Å². The summed E-state index contributed by atoms with van der Waals surface area (Å²) in [7, 11) is 0. The van der Waals surface area contributed by atoms with Crippen molar-refractivity contribution in [3.05, 3.63) is 35.4 Å². The van der Waals surface area contributed by atoms with Crippen molar-refractivity contribution in [1.82, 2.24) is 0 Å². The van der Waals surface area contributed by atoms with Crippen LogP contribution in [0.2, 0.25) is 0 Å². The molecule has 94 valence electrons. The molecule has 1 saturated heterocycles. The van der Waals surface area contributed by atoms with Crippen LogP contribution >= 0.6 is 0 Å². The van der Waals surface area contributed by atoms with Crippen LogP contribution in [0, 0.1) is 5.92 Å². The van der Waals surface area contributed by atoms with Gasteiger partial charge in [0.1, 0.15) is 0 Å². The van der Waals surface area contributed by atoms with Crippen LogP contribution in [0.25, 0.3) is 0 Å². The van der Waals surface area contributed by atoms with Gasteiger partial charge in [0.2, 0.25) is 0 Å². The Balaban J connectivity index is 2.15. The van der Waals surface area contributed by atoms with Crippen molar-refractivity contribution in [2.45, 2.75) is 45.3 Å². The Bertz CT molecular complexity index is 362. The number of aliphatic hydroxyl groups excluding tert-OH is 1. The maximum absolute atomic E-state index is 10.5. The summed E-state index contributed by atoms with van der Waals surface area (Å²) in [4.78, 5) is 0. The first-order valence-corrected chi connectivity index (χ1v) is 6.64. The summed E-state index contributed by atoms with van der Waals surface area (Å²) in [6.45, 7) is 5.05. The van der Waals surface area contributed by atoms with E-state index in [1.54, 1.807) is 0 Å². The number of aliphatic hydroxyl groups is 1. The van der Waals surface area contributed by atoms with E-state index in [9.17, 15) is 5.11 Å². The average Bonchev–Trinajstić information content (AvgIpc) is 2.86. The highest BCUT2D eigenvalue weighted by Gasteiger charge is 2.33. The van der Waals surface area contributed by atoms with E-state index < -0.39 is 0 Å². The molecule has 0 aromatic heterocycles. The van der Waals surface area contributed by atoms with Crippen molar-refractivity contribution < 1.29 is 9.84 Å². The molecule has 1 fully saturated rings. The lowest BCUT2D eigenvalue weighted by molar-refractivity contribution is 0.0307. The minimum atomic E-state index is -0.381. The summed E-state index contributed by atoms with van der Waals surface area (Å²) < 4.78 is 5.65. The number of benzene rings is 1. The molecule has 0 spiro atoms. The molecule has 0 aliphatic carbocycles. The van der Waals surface area contributed by atoms with E-state index in [-0.39, 0.29) is 18.1 Å². The molecule has 2 nitrogen and oxygen atoms in total. The third-order valence-corrected chi connectivity index (χ3v) is 3.77. The molecule has 0 radical (unpaired) electrons. The molecule has 3 unspecified atom stereocenters. The summed E-state index contributed by atoms with van der Waals surface area (Å²) >= 11 is 0. The number of aryl methyl sites for hydroxylation is 1. The summed E-state index contributed by atoms with van der Waals surface area (Å²) in [5.41, 5.74) is 2.33. The lowest BCUT2D eigenvalue weighted by atomic mass is 9.88. The van der Waals surface area contributed by atoms with Crippen LogP contribution in [0.15, 0.2) is 24.3 Å². The van der Waals surface area contributed by atoms with Crippen LogP contribution in [-0.4, -0.2) is 17.8 Å². The van der Waals surface area contributed by atoms with E-state index in [2.05, 4.69) is 26.0 Å². The fraction of sp³-hybridized carbons (Fsp3) is 0.600. The first-order chi connectivity index (χ1) is 8.26. The number of rotatable bonds is 4. The Morgan fingerprint density at radius 3 is 2.94 bits per heavy atom. The Hall–Kier alpha value is -0.860. The summed E-state index contributed by atoms with van der Waals surface area (Å²) in [6, 6.07) is 8.29. The van der Waals surface area contributed by atoms with Crippen LogP contribution in [0.1, 0.15) is 43.9 Å². The van der Waals surface area contributed by atoms with Crippen molar-refractivity contribution in [2.24, 2.45) is 5.92 Å². The largest absolute Gasteiger partial charge is 0.388 e. The molecular formula is C15H22O2. The number of ether oxygens (including phenoxy) is 1. The number of hydrogen-bond acceptors (Lipinski definition) is 2. The van der Waals surface area contributed by atoms with Gasteiger partial charge in [-0.1, -0.05) is 38.1 Å². The molecule has 1 aromatic carbocycles. The topological polar surface area (TPSA) is 29.5 Å². The molecule has 2 rings (SSSR count). The predicted octanol–water partition coefficient (Wildman–Crippen LogP) is 3.10. The molecule has 0 saturated carbocycles. The second kappa shape index (κ2) is 5.65. The SMILES string of the molecule is CCc1cccc(C(O)C2CCOC2CC)c1. The van der Waals surface area contributed by atoms with E-state index in [4.69, 9.17) is 4.74 Å². The molecule has 0 amide bonds. The predicted molar refractivity (Wildman–Crippen MR) is 68.9 cm³/mol. The van der Waals surface area contributed by atoms with Crippen LogP contribution in [0.5, 0.6) is 0 Å². The fourth-order valence-electron chi connectivity index (χ4n) is 2.69. The van der Waals surface area contributed by atoms with Crippen molar-refractivity contribution in [3.8, 4) is 0 Å². The monoisotopic (exact) mass is 234 g/mol. The molecule has 17 heavy (non-hydrogen) atoms. The molecule has 1 aliphatic rings. The number of hydrogen-bond donors (Lipinski definition) is 1. The van der Waals surface area contributed by atoms with Crippen molar-refractivity contribution in [2.75, 3.05) is 6.61 Å². The van der Waals surface area contributed by atoms with Gasteiger partial charge in [0.15, 0.2) is 0 Å². The second-order valence-corrected chi connectivity index (χ2v) is 4.81. The first-order valence-electron chi connectivity index (χ1n) is 6.64. The van der Waals surface area contributed by atoms with Crippen molar-refractivity contribution >= 4 is 0 Å². The summed E-state index contributed by atoms with van der Waals surface area (Å²) in [5.74, 6) is 0.257. The van der Waals surface area contributed by atoms with Gasteiger partial charge in [0, 0.05) is 12.5 Å². The van der Waals surface area contributed by atoms with Crippen molar-refractivity contribution in [1.29, 1.82) is 0 Å². The minimum absolute atomic E-state index is 0.218. The van der Waals surface area contributed by atoms with E-state index in [0.29, 0.717) is 0 Å². The Morgan fingerprint density at radius 2 is 2.24 bits per heavy atom. The van der Waals surface area contributed by atoms with Crippen LogP contribution in [-0.2, 0) is 11.2 Å². The molecular weight excluding hydrogens is 212 g/mol. The second-order valence-electron chi connectivity index (χ2n) is 4.81. The van der Waals surface area contributed by atoms with Gasteiger partial charge in [-0.05, 0) is 30.4 Å². The summed E-state index contributed by atoms with van der Waals surface area (Å²) in [6.07, 6.45) is 2.80. The zero-order valence-electron chi connectivity index (χ0n) is 10.7. The minimum Gasteiger partial charge on any atom is -0.388 e. The molecule has 3 atom stereocenters. The first kappa shape index (κ1) is 12.6. The van der Waals surface area contributed by atoms with Gasteiger partial charge in [-0.3, -0.25) is 0 Å². The van der Waals surface area contributed by atoms with Gasteiger partial charge >= 0.3 is 0 Å². The van der Waals surface area contributed by atoms with Gasteiger partial charge in [-0.25, -0.2) is 0 Å². The Kier molecular flexibility index (Phi) is 4.19. The van der Waals surface area contributed by atoms with Crippen molar-refractivity contribution in [3.63, 3.8) is 0 Å². The van der Waals surface area contributed by atoms with Gasteiger partial charge < -0.3 is 9.84 Å². The normalized spacial score (nSPS) is 26.1. The highest BCUT2D eigenvalue weighted by molar-refractivity contribution is 5.25. The average molecular weight is 234 g/mol. The van der Waals surface area contributed by atoms with E-state index in [1.807, 2.05) is 12.1 Å². The highest BCUT2D eigenvalue weighted by Crippen LogP contribution is 2.34. The standard InChI is InChI=1S/C15H22O2/c1-3-11-6-5-7-12(10-11)15(16)13-8-9-17-14(13)4-2/h5-7,10,13-16H,3-4,8-9H2,1-2H3. The van der Waals surface area contributed by atoms with Crippen LogP contribution in [0.3, 0.4) is 0 Å². The zero-order valence-corrected chi connectivity index (χ0v) is 10.7. The van der Waals surface area contributed by atoms with Gasteiger partial charge in [0.25, 0.3) is 0 Å². The van der Waals surface area contributed by atoms with Gasteiger partial charge in [-0.2, -0.15) is 0 Å². The maximum atomic E-state index is 10.5. The molecule has 1 aliphatic heterocycles. The molecule has 0 bridgehead atoms. The lowest BCUT2D eigenvalue weighted by Gasteiger charge is -2.23. The molecule has 1 aromatic rings. The molecule has 1 N–H and O–H groups in total. The molecule has 1 heterocycles. The van der Waals surface area contributed by atoms with Crippen LogP contribution in [0.4, 0.5) is 0 Å². The van der Waals surface area contributed by atoms with Crippen LogP contribution < -0.4 is 0 Å². The third kappa shape index (κ3) is 2.70. The smallest absolute Gasteiger partial charge is 0.0843 e. The van der Waals surface area contributed by atoms with E-state index in [1.165, 1.54) is 5.56 Å². The highest BCUT2D eigenvalue weighted by atomic mass is 16.5. The Morgan fingerprint density at radius 1 is 1.41 bits per heavy atom. The van der Waals surface area contributed by atoms with Gasteiger partial charge in [0.05, 0.1) is 12.2 Å². The summed E-state index contributed by atoms with van der Waals surface area (Å²) in [5, 5.41) is 10.5. The quantitative estimate of drug-likeness (QED) is 0.867. The van der Waals surface area contributed by atoms with Gasteiger partial charge in [-0.15, -0.1) is 0 Å².